The maximum Gasteiger partial charge on any atom is 0.319 e. The Kier molecular flexibility index (Phi) is 15.0. The molecule has 396 valence electrons. The van der Waals surface area contributed by atoms with Crippen molar-refractivity contribution in [3.8, 4) is 27.8 Å². The number of β-amino-alcohol motifs (C(OH)–C–C–N with tert-alkyl or cyclic N) is 1. The fourth-order valence-corrected chi connectivity index (χ4v) is 12.1. The molecule has 2 bridgehead atoms. The number of rotatable bonds is 16. The third kappa shape index (κ3) is 11.1. The molecule has 17 nitrogen and oxygen atoms in total. The van der Waals surface area contributed by atoms with Crippen LogP contribution in [0, 0.1) is 24.0 Å². The maximum atomic E-state index is 16.9. The van der Waals surface area contributed by atoms with E-state index in [9.17, 15) is 24.3 Å². The zero-order valence-electron chi connectivity index (χ0n) is 43.0. The third-order valence-electron chi connectivity index (χ3n) is 15.3. The van der Waals surface area contributed by atoms with Crippen molar-refractivity contribution in [1.82, 2.24) is 50.7 Å². The number of nitrogens with one attached hydrogen (secondary N) is 4. The number of H-pyrrole nitrogens is 1. The highest BCUT2D eigenvalue weighted by atomic mass is 32.1. The Labute approximate surface area is 437 Å². The van der Waals surface area contributed by atoms with Crippen molar-refractivity contribution in [3.05, 3.63) is 93.5 Å². The van der Waals surface area contributed by atoms with E-state index in [1.807, 2.05) is 64.4 Å². The van der Waals surface area contributed by atoms with Crippen LogP contribution in [0.25, 0.3) is 43.5 Å². The number of carbonyl (C=O) groups is 3. The van der Waals surface area contributed by atoms with Gasteiger partial charge in [-0.1, -0.05) is 57.2 Å². The van der Waals surface area contributed by atoms with Gasteiger partial charge in [-0.05, 0) is 93.5 Å². The Morgan fingerprint density at radius 1 is 0.987 bits per heavy atom. The van der Waals surface area contributed by atoms with Gasteiger partial charge in [-0.15, -0.1) is 11.3 Å². The highest BCUT2D eigenvalue weighted by Gasteiger charge is 2.45. The van der Waals surface area contributed by atoms with Gasteiger partial charge in [0.15, 0.2) is 5.82 Å². The van der Waals surface area contributed by atoms with Crippen molar-refractivity contribution in [1.29, 1.82) is 0 Å². The number of unbranched alkanes of at least 4 members (excludes halogenated alkanes) is 1. The van der Waals surface area contributed by atoms with Crippen LogP contribution in [-0.4, -0.2) is 133 Å². The number of aromatic nitrogens is 5. The van der Waals surface area contributed by atoms with Crippen LogP contribution in [0.4, 0.5) is 14.6 Å². The number of hydrogen-bond donors (Lipinski definition) is 5. The maximum absolute atomic E-state index is 16.9. The van der Waals surface area contributed by atoms with Gasteiger partial charge in [0.1, 0.15) is 41.5 Å². The Morgan fingerprint density at radius 3 is 2.49 bits per heavy atom. The minimum atomic E-state index is -0.938. The lowest BCUT2D eigenvalue weighted by molar-refractivity contribution is -0.144. The van der Waals surface area contributed by atoms with Crippen molar-refractivity contribution >= 4 is 56.6 Å². The predicted molar refractivity (Wildman–Crippen MR) is 283 cm³/mol. The number of aryl methyl sites for hydroxylation is 1. The Morgan fingerprint density at radius 2 is 1.76 bits per heavy atom. The molecule has 7 atom stereocenters. The molecule has 0 spiro atoms. The molecule has 4 aromatic heterocycles. The van der Waals surface area contributed by atoms with E-state index in [0.717, 1.165) is 53.9 Å². The van der Waals surface area contributed by atoms with Crippen LogP contribution >= 0.6 is 11.3 Å². The molecule has 20 heteroatoms. The first-order chi connectivity index (χ1) is 36.0. The molecule has 10 rings (SSSR count). The number of aliphatic hydroxyl groups excluding tert-OH is 1. The molecule has 6 aromatic rings. The smallest absolute Gasteiger partial charge is 0.319 e. The standard InChI is InChI=1S/C55H65F2N11O6S/c1-30(32-14-16-33(17-15-32)49-31(2)59-29-75-49)60-52(72)41-23-38(69)27-68(41)53(73)50(55(3,4)5)63-42(70)13-6-7-20-66-21-9-11-37(66)28-74-54-64-46-39(51(65-54)67-25-35-18-19-36(26-67)61-35)24-58-48(45(46)57)47-44-34(22-43(71)62-47)10-8-12-40(44)56/h8,10,12,14-17,22,24,29-30,35-38,41,50,61,69H,6-7,9,11,13,18-21,23,25-28H2,1-5H3,(H,60,72)(H,62,71)(H,63,70)/t30-,35?,36?,37-,38+,41-,50+/m0/s1. The van der Waals surface area contributed by atoms with Crippen LogP contribution in [0.15, 0.2) is 65.0 Å². The first-order valence-corrected chi connectivity index (χ1v) is 27.0. The van der Waals surface area contributed by atoms with Crippen LogP contribution < -0.4 is 31.1 Å². The van der Waals surface area contributed by atoms with Crippen molar-refractivity contribution in [2.24, 2.45) is 5.41 Å². The number of piperazine rings is 1. The molecule has 2 aromatic carbocycles. The quantitative estimate of drug-likeness (QED) is 0.0651. The van der Waals surface area contributed by atoms with E-state index in [4.69, 9.17) is 9.72 Å². The molecule has 3 amide bonds. The molecule has 2 unspecified atom stereocenters. The Hall–Kier alpha value is -6.48. The summed E-state index contributed by atoms with van der Waals surface area (Å²) in [5.74, 6) is -2.02. The summed E-state index contributed by atoms with van der Waals surface area (Å²) in [6, 6.07) is 11.8. The molecule has 5 N–H and O–H groups in total. The average Bonchev–Trinajstić information content (AvgIpc) is 4.20. The largest absolute Gasteiger partial charge is 0.462 e. The first-order valence-electron chi connectivity index (χ1n) is 26.1. The number of nitrogens with zero attached hydrogens (tertiary/aromatic N) is 7. The summed E-state index contributed by atoms with van der Waals surface area (Å²) in [6.45, 7) is 12.5. The molecule has 4 saturated heterocycles. The van der Waals surface area contributed by atoms with E-state index in [-0.39, 0.29) is 90.3 Å². The molecule has 4 fully saturated rings. The molecule has 0 saturated carbocycles. The van der Waals surface area contributed by atoms with Gasteiger partial charge in [0, 0.05) is 68.3 Å². The van der Waals surface area contributed by atoms with E-state index in [2.05, 4.69) is 45.7 Å². The molecule has 0 radical (unpaired) electrons. The highest BCUT2D eigenvalue weighted by Crippen LogP contribution is 2.37. The second kappa shape index (κ2) is 21.6. The number of ether oxygens (including phenoxy) is 1. The van der Waals surface area contributed by atoms with Crippen molar-refractivity contribution in [3.63, 3.8) is 0 Å². The lowest BCUT2D eigenvalue weighted by Crippen LogP contribution is -2.57. The zero-order valence-corrected chi connectivity index (χ0v) is 43.8. The number of fused-ring (bicyclic) bond motifs is 4. The molecule has 75 heavy (non-hydrogen) atoms. The van der Waals surface area contributed by atoms with Gasteiger partial charge in [0.05, 0.1) is 39.3 Å². The van der Waals surface area contributed by atoms with Gasteiger partial charge in [-0.25, -0.2) is 13.8 Å². The summed E-state index contributed by atoms with van der Waals surface area (Å²) in [5, 5.41) is 21.2. The number of hydrogen-bond acceptors (Lipinski definition) is 14. The number of benzene rings is 2. The second-order valence-corrected chi connectivity index (χ2v) is 22.6. The van der Waals surface area contributed by atoms with Crippen LogP contribution in [0.2, 0.25) is 0 Å². The topological polar surface area (TPSA) is 211 Å². The average molecular weight is 1050 g/mol. The van der Waals surface area contributed by atoms with Crippen LogP contribution in [0.3, 0.4) is 0 Å². The van der Waals surface area contributed by atoms with Gasteiger partial charge < -0.3 is 40.6 Å². The number of amides is 3. The summed E-state index contributed by atoms with van der Waals surface area (Å²) in [7, 11) is 0. The number of carbonyl (C=O) groups excluding carboxylic acids is 3. The summed E-state index contributed by atoms with van der Waals surface area (Å²) in [5.41, 5.74) is 3.12. The fraction of sp³-hybridized carbons (Fsp3) is 0.491. The molecule has 4 aliphatic heterocycles. The fourth-order valence-electron chi connectivity index (χ4n) is 11.3. The van der Waals surface area contributed by atoms with Crippen molar-refractivity contribution in [2.75, 3.05) is 44.2 Å². The first kappa shape index (κ1) is 52.0. The van der Waals surface area contributed by atoms with Gasteiger partial charge >= 0.3 is 6.01 Å². The molecular weight excluding hydrogens is 981 g/mol. The van der Waals surface area contributed by atoms with E-state index < -0.39 is 46.7 Å². The summed E-state index contributed by atoms with van der Waals surface area (Å²) >= 11 is 1.57. The van der Waals surface area contributed by atoms with E-state index in [1.54, 1.807) is 17.4 Å². The van der Waals surface area contributed by atoms with Gasteiger partial charge in [-0.3, -0.25) is 29.1 Å². The Balaban J connectivity index is 0.764. The van der Waals surface area contributed by atoms with Crippen LogP contribution in [-0.2, 0) is 14.4 Å². The minimum absolute atomic E-state index is 0.00222. The molecule has 8 heterocycles. The number of thiazole rings is 1. The summed E-state index contributed by atoms with van der Waals surface area (Å²) in [6.07, 6.45) is 5.95. The summed E-state index contributed by atoms with van der Waals surface area (Å²) < 4.78 is 38.6. The van der Waals surface area contributed by atoms with E-state index in [1.165, 1.54) is 29.3 Å². The summed E-state index contributed by atoms with van der Waals surface area (Å²) in [4.78, 5) is 82.2. The van der Waals surface area contributed by atoms with Gasteiger partial charge in [0.2, 0.25) is 23.3 Å². The van der Waals surface area contributed by atoms with Crippen molar-refractivity contribution < 1.29 is 33.0 Å². The molecule has 0 aliphatic carbocycles. The van der Waals surface area contributed by atoms with Gasteiger partial charge in [0.25, 0.3) is 0 Å². The zero-order chi connectivity index (χ0) is 52.7. The van der Waals surface area contributed by atoms with E-state index >= 15 is 8.78 Å². The molecule has 4 aliphatic rings. The van der Waals surface area contributed by atoms with Crippen molar-refractivity contribution in [2.45, 2.75) is 128 Å². The lowest BCUT2D eigenvalue weighted by atomic mass is 9.85. The predicted octanol–water partition coefficient (Wildman–Crippen LogP) is 6.57. The minimum Gasteiger partial charge on any atom is -0.462 e. The third-order valence-corrected chi connectivity index (χ3v) is 16.3. The van der Waals surface area contributed by atoms with E-state index in [0.29, 0.717) is 49.1 Å². The number of likely N-dealkylation sites (tertiary alicyclic amines) is 2. The number of anilines is 1. The number of halogens is 2. The van der Waals surface area contributed by atoms with Gasteiger partial charge in [-0.2, -0.15) is 9.97 Å². The SMILES string of the molecule is Cc1ncsc1-c1ccc([C@H](C)NC(=O)[C@@H]2C[C@@H](O)CN2C(=O)[C@@H](NC(=O)CCCCN2CCC[C@H]2COc2nc(N3CC4CCC(C3)N4)c3cnc(-c4[nH]c(=O)cc5cccc(F)c45)c(F)c3n2)C(C)(C)C)cc1. The second-order valence-electron chi connectivity index (χ2n) is 21.8. The highest BCUT2D eigenvalue weighted by molar-refractivity contribution is 7.13. The number of pyridine rings is 2. The monoisotopic (exact) mass is 1050 g/mol. The number of aliphatic hydroxyl groups is 1. The van der Waals surface area contributed by atoms with Crippen LogP contribution in [0.1, 0.15) is 96.4 Å². The lowest BCUT2D eigenvalue weighted by Gasteiger charge is -2.35. The number of aromatic amines is 1. The Bertz CT molecular complexity index is 3150. The van der Waals surface area contributed by atoms with Crippen LogP contribution in [0.5, 0.6) is 6.01 Å². The normalized spacial score (nSPS) is 21.7. The molecular formula is C55H65F2N11O6S.